The van der Waals surface area contributed by atoms with Crippen molar-refractivity contribution in [2.24, 2.45) is 0 Å². The fraction of sp³-hybridized carbons (Fsp3) is 0.217. The quantitative estimate of drug-likeness (QED) is 0.287. The maximum atomic E-state index is 12.8. The van der Waals surface area contributed by atoms with Gasteiger partial charge in [-0.05, 0) is 32.4 Å². The number of nitrogens with zero attached hydrogens (tertiary/aromatic N) is 4. The number of thiazole rings is 1. The fourth-order valence-electron chi connectivity index (χ4n) is 3.59. The van der Waals surface area contributed by atoms with E-state index in [1.165, 1.54) is 11.3 Å². The molecule has 0 aliphatic carbocycles. The molecule has 7 nitrogen and oxygen atoms in total. The van der Waals surface area contributed by atoms with E-state index in [0.717, 1.165) is 22.1 Å². The molecule has 164 valence electrons. The topological polar surface area (TPSA) is 79.0 Å². The number of aromatic nitrogens is 4. The van der Waals surface area contributed by atoms with Crippen molar-refractivity contribution >= 4 is 34.7 Å². The van der Waals surface area contributed by atoms with Gasteiger partial charge in [-0.25, -0.2) is 14.5 Å². The summed E-state index contributed by atoms with van der Waals surface area (Å²) in [6.45, 7) is 5.48. The summed E-state index contributed by atoms with van der Waals surface area (Å²) in [6.07, 6.45) is 1.71. The molecule has 0 aliphatic heterocycles. The molecule has 4 rings (SSSR count). The number of aryl methyl sites for hydroxylation is 2. The maximum absolute atomic E-state index is 12.8. The summed E-state index contributed by atoms with van der Waals surface area (Å²) in [5, 5.41) is 7.20. The van der Waals surface area contributed by atoms with Crippen LogP contribution in [0.3, 0.4) is 0 Å². The van der Waals surface area contributed by atoms with E-state index in [2.05, 4.69) is 10.1 Å². The SMILES string of the molecule is Cc1nn(Cc2ccccc2)c(Cl)c1C(=O)OCC(=O)c1cc(C)n(-c2nccs2)c1C. The monoisotopic (exact) mass is 468 g/mol. The Morgan fingerprint density at radius 2 is 1.91 bits per heavy atom. The van der Waals surface area contributed by atoms with Crippen molar-refractivity contribution in [3.8, 4) is 5.13 Å². The number of hydrogen-bond acceptors (Lipinski definition) is 6. The zero-order valence-corrected chi connectivity index (χ0v) is 19.4. The van der Waals surface area contributed by atoms with Gasteiger partial charge < -0.3 is 4.74 Å². The zero-order valence-electron chi connectivity index (χ0n) is 17.8. The summed E-state index contributed by atoms with van der Waals surface area (Å²) < 4.78 is 8.77. The second-order valence-electron chi connectivity index (χ2n) is 7.33. The second kappa shape index (κ2) is 9.10. The Morgan fingerprint density at radius 3 is 2.59 bits per heavy atom. The van der Waals surface area contributed by atoms with Gasteiger partial charge in [-0.15, -0.1) is 11.3 Å². The van der Waals surface area contributed by atoms with Crippen LogP contribution in [-0.2, 0) is 11.3 Å². The number of ether oxygens (including phenoxy) is 1. The normalized spacial score (nSPS) is 11.0. The summed E-state index contributed by atoms with van der Waals surface area (Å²) in [5.41, 5.74) is 3.75. The van der Waals surface area contributed by atoms with E-state index in [1.54, 1.807) is 23.9 Å². The smallest absolute Gasteiger partial charge is 0.343 e. The van der Waals surface area contributed by atoms with E-state index in [-0.39, 0.29) is 23.1 Å². The number of esters is 1. The van der Waals surface area contributed by atoms with Crippen molar-refractivity contribution in [1.29, 1.82) is 0 Å². The van der Waals surface area contributed by atoms with Crippen LogP contribution in [0.2, 0.25) is 5.15 Å². The number of rotatable bonds is 7. The lowest BCUT2D eigenvalue weighted by Gasteiger charge is -2.07. The minimum atomic E-state index is -0.672. The number of halogens is 1. The van der Waals surface area contributed by atoms with Crippen LogP contribution in [0, 0.1) is 20.8 Å². The Balaban J connectivity index is 1.48. The van der Waals surface area contributed by atoms with Crippen LogP contribution in [-0.4, -0.2) is 37.7 Å². The Kier molecular flexibility index (Phi) is 6.25. The molecule has 0 fully saturated rings. The Hall–Kier alpha value is -3.23. The molecule has 0 atom stereocenters. The van der Waals surface area contributed by atoms with Crippen molar-refractivity contribution in [3.05, 3.63) is 86.9 Å². The van der Waals surface area contributed by atoms with Gasteiger partial charge in [0, 0.05) is 28.5 Å². The predicted octanol–water partition coefficient (Wildman–Crippen LogP) is 4.80. The van der Waals surface area contributed by atoms with Gasteiger partial charge in [0.25, 0.3) is 0 Å². The molecule has 0 saturated heterocycles. The van der Waals surface area contributed by atoms with Gasteiger partial charge >= 0.3 is 5.97 Å². The minimum absolute atomic E-state index is 0.170. The van der Waals surface area contributed by atoms with E-state index in [9.17, 15) is 9.59 Å². The highest BCUT2D eigenvalue weighted by Gasteiger charge is 2.24. The van der Waals surface area contributed by atoms with Gasteiger partial charge in [0.1, 0.15) is 10.7 Å². The first-order valence-corrected chi connectivity index (χ1v) is 11.2. The van der Waals surface area contributed by atoms with Crippen molar-refractivity contribution in [3.63, 3.8) is 0 Å². The maximum Gasteiger partial charge on any atom is 0.343 e. The van der Waals surface area contributed by atoms with Gasteiger partial charge in [0.15, 0.2) is 11.7 Å². The average molecular weight is 469 g/mol. The van der Waals surface area contributed by atoms with Crippen LogP contribution >= 0.6 is 22.9 Å². The van der Waals surface area contributed by atoms with Crippen molar-refractivity contribution in [2.45, 2.75) is 27.3 Å². The molecule has 0 spiro atoms. The van der Waals surface area contributed by atoms with Crippen LogP contribution in [0.5, 0.6) is 0 Å². The van der Waals surface area contributed by atoms with E-state index in [0.29, 0.717) is 17.8 Å². The predicted molar refractivity (Wildman–Crippen MR) is 123 cm³/mol. The van der Waals surface area contributed by atoms with Crippen LogP contribution in [0.1, 0.15) is 43.4 Å². The standard InChI is InChI=1S/C23H21ClN4O3S/c1-14-11-18(16(3)28(14)23-25-9-10-32-23)19(29)13-31-22(30)20-15(2)26-27(21(20)24)12-17-7-5-4-6-8-17/h4-11H,12-13H2,1-3H3. The van der Waals surface area contributed by atoms with E-state index in [1.807, 2.05) is 54.1 Å². The third-order valence-corrected chi connectivity index (χ3v) is 6.26. The molecular formula is C23H21ClN4O3S. The number of ketones is 1. The van der Waals surface area contributed by atoms with Crippen molar-refractivity contribution < 1.29 is 14.3 Å². The molecule has 0 N–H and O–H groups in total. The van der Waals surface area contributed by atoms with E-state index >= 15 is 0 Å². The molecule has 0 aliphatic rings. The molecule has 0 unspecified atom stereocenters. The molecule has 0 amide bonds. The summed E-state index contributed by atoms with van der Waals surface area (Å²) in [5.74, 6) is -0.964. The van der Waals surface area contributed by atoms with Gasteiger partial charge in [0.05, 0.1) is 12.2 Å². The van der Waals surface area contributed by atoms with Crippen molar-refractivity contribution in [1.82, 2.24) is 19.3 Å². The second-order valence-corrected chi connectivity index (χ2v) is 8.56. The highest BCUT2D eigenvalue weighted by molar-refractivity contribution is 7.12. The summed E-state index contributed by atoms with van der Waals surface area (Å²) in [7, 11) is 0. The molecule has 1 aromatic carbocycles. The molecule has 0 radical (unpaired) electrons. The first-order chi connectivity index (χ1) is 15.4. The van der Waals surface area contributed by atoms with Gasteiger partial charge in [-0.1, -0.05) is 41.9 Å². The number of carbonyl (C=O) groups excluding carboxylic acids is 2. The van der Waals surface area contributed by atoms with Crippen LogP contribution in [0.4, 0.5) is 0 Å². The lowest BCUT2D eigenvalue weighted by atomic mass is 10.1. The van der Waals surface area contributed by atoms with Crippen molar-refractivity contribution in [2.75, 3.05) is 6.61 Å². The Bertz CT molecular complexity index is 1280. The summed E-state index contributed by atoms with van der Waals surface area (Å²) >= 11 is 7.90. The third-order valence-electron chi connectivity index (χ3n) is 5.12. The molecule has 32 heavy (non-hydrogen) atoms. The lowest BCUT2D eigenvalue weighted by molar-refractivity contribution is 0.0474. The largest absolute Gasteiger partial charge is 0.454 e. The molecule has 3 heterocycles. The molecular weight excluding hydrogens is 448 g/mol. The first-order valence-electron chi connectivity index (χ1n) is 9.92. The highest BCUT2D eigenvalue weighted by Crippen LogP contribution is 2.24. The third kappa shape index (κ3) is 4.24. The molecule has 9 heteroatoms. The highest BCUT2D eigenvalue weighted by atomic mass is 35.5. The minimum Gasteiger partial charge on any atom is -0.454 e. The fourth-order valence-corrected chi connectivity index (χ4v) is 4.66. The van der Waals surface area contributed by atoms with Gasteiger partial charge in [0.2, 0.25) is 5.78 Å². The van der Waals surface area contributed by atoms with Gasteiger partial charge in [-0.2, -0.15) is 5.10 Å². The van der Waals surface area contributed by atoms with E-state index < -0.39 is 5.97 Å². The average Bonchev–Trinajstić information content (AvgIpc) is 3.46. The van der Waals surface area contributed by atoms with Crippen LogP contribution < -0.4 is 0 Å². The number of carbonyl (C=O) groups is 2. The Morgan fingerprint density at radius 1 is 1.16 bits per heavy atom. The summed E-state index contributed by atoms with van der Waals surface area (Å²) in [4.78, 5) is 29.8. The number of hydrogen-bond donors (Lipinski definition) is 0. The molecule has 0 bridgehead atoms. The van der Waals surface area contributed by atoms with Gasteiger partial charge in [-0.3, -0.25) is 9.36 Å². The number of Topliss-reactive ketones (excluding diaryl/α,β-unsaturated/α-hetero) is 1. The van der Waals surface area contributed by atoms with Crippen LogP contribution in [0.25, 0.3) is 5.13 Å². The first kappa shape index (κ1) is 22.0. The number of benzene rings is 1. The Labute approximate surface area is 194 Å². The van der Waals surface area contributed by atoms with E-state index in [4.69, 9.17) is 16.3 Å². The zero-order chi connectivity index (χ0) is 22.8. The molecule has 4 aromatic rings. The molecule has 0 saturated carbocycles. The lowest BCUT2D eigenvalue weighted by Crippen LogP contribution is -2.15. The molecule has 3 aromatic heterocycles. The van der Waals surface area contributed by atoms with Crippen LogP contribution in [0.15, 0.2) is 48.0 Å². The summed E-state index contributed by atoms with van der Waals surface area (Å²) in [6, 6.07) is 11.5.